The predicted molar refractivity (Wildman–Crippen MR) is 102 cm³/mol. The summed E-state index contributed by atoms with van der Waals surface area (Å²) in [7, 11) is 0. The fourth-order valence-electron chi connectivity index (χ4n) is 3.40. The van der Waals surface area contributed by atoms with E-state index in [0.29, 0.717) is 12.3 Å². The summed E-state index contributed by atoms with van der Waals surface area (Å²) < 4.78 is 11.3. The number of hydrogen-bond acceptors (Lipinski definition) is 3. The summed E-state index contributed by atoms with van der Waals surface area (Å²) in [4.78, 5) is 12.6. The summed E-state index contributed by atoms with van der Waals surface area (Å²) in [5.41, 5.74) is 2.35. The Hall–Kier alpha value is -2.33. The van der Waals surface area contributed by atoms with E-state index in [1.807, 2.05) is 37.3 Å². The minimum atomic E-state index is -0.537. The van der Waals surface area contributed by atoms with E-state index >= 15 is 0 Å². The van der Waals surface area contributed by atoms with Gasteiger partial charge in [-0.15, -0.1) is 0 Å². The van der Waals surface area contributed by atoms with Crippen LogP contribution in [0.15, 0.2) is 54.6 Å². The molecule has 0 bridgehead atoms. The lowest BCUT2D eigenvalue weighted by Gasteiger charge is -2.38. The van der Waals surface area contributed by atoms with Crippen molar-refractivity contribution in [3.05, 3.63) is 65.7 Å². The first kappa shape index (κ1) is 18.5. The molecule has 0 unspecified atom stereocenters. The van der Waals surface area contributed by atoms with Crippen LogP contribution in [0.4, 0.5) is 0 Å². The number of nitrogens with one attached hydrogen (secondary N) is 1. The van der Waals surface area contributed by atoms with Crippen LogP contribution in [0.3, 0.4) is 0 Å². The minimum Gasteiger partial charge on any atom is -0.481 e. The van der Waals surface area contributed by atoms with Gasteiger partial charge in [-0.25, -0.2) is 0 Å². The number of carbonyl (C=O) groups excluding carboxylic acids is 1. The van der Waals surface area contributed by atoms with Gasteiger partial charge in [0.05, 0.1) is 0 Å². The van der Waals surface area contributed by atoms with Gasteiger partial charge in [0, 0.05) is 25.2 Å². The number of carbonyl (C=O) groups is 1. The van der Waals surface area contributed by atoms with Crippen LogP contribution in [0.25, 0.3) is 0 Å². The van der Waals surface area contributed by atoms with E-state index in [9.17, 15) is 4.79 Å². The molecule has 4 nitrogen and oxygen atoms in total. The summed E-state index contributed by atoms with van der Waals surface area (Å²) >= 11 is 0. The molecule has 1 amide bonds. The van der Waals surface area contributed by atoms with Gasteiger partial charge in [-0.2, -0.15) is 0 Å². The number of hydrogen-bond donors (Lipinski definition) is 1. The molecule has 0 spiro atoms. The lowest BCUT2D eigenvalue weighted by atomic mass is 9.74. The number of amides is 1. The first-order chi connectivity index (χ1) is 12.6. The van der Waals surface area contributed by atoms with E-state index in [2.05, 4.69) is 29.6 Å². The molecule has 4 heteroatoms. The monoisotopic (exact) mass is 353 g/mol. The quantitative estimate of drug-likeness (QED) is 0.863. The maximum Gasteiger partial charge on any atom is 0.260 e. The van der Waals surface area contributed by atoms with Gasteiger partial charge in [0.25, 0.3) is 5.91 Å². The molecule has 1 aliphatic heterocycles. The summed E-state index contributed by atoms with van der Waals surface area (Å²) in [6, 6.07) is 18.2. The third kappa shape index (κ3) is 4.44. The first-order valence-electron chi connectivity index (χ1n) is 9.23. The first-order valence-corrected chi connectivity index (χ1v) is 9.23. The lowest BCUT2D eigenvalue weighted by Crippen LogP contribution is -2.47. The maximum atomic E-state index is 12.6. The molecule has 26 heavy (non-hydrogen) atoms. The average Bonchev–Trinajstić information content (AvgIpc) is 2.69. The molecule has 1 aliphatic rings. The van der Waals surface area contributed by atoms with E-state index in [1.165, 1.54) is 11.1 Å². The van der Waals surface area contributed by atoms with Crippen LogP contribution < -0.4 is 10.1 Å². The third-order valence-electron chi connectivity index (χ3n) is 5.14. The zero-order chi connectivity index (χ0) is 18.4. The molecule has 138 valence electrons. The number of rotatable bonds is 6. The van der Waals surface area contributed by atoms with Crippen molar-refractivity contribution in [1.29, 1.82) is 0 Å². The van der Waals surface area contributed by atoms with Gasteiger partial charge in [-0.1, -0.05) is 48.0 Å². The highest BCUT2D eigenvalue weighted by molar-refractivity contribution is 5.80. The Morgan fingerprint density at radius 2 is 1.77 bits per heavy atom. The van der Waals surface area contributed by atoms with Crippen molar-refractivity contribution < 1.29 is 14.3 Å². The lowest BCUT2D eigenvalue weighted by molar-refractivity contribution is -0.127. The molecule has 2 aromatic carbocycles. The highest BCUT2D eigenvalue weighted by atomic mass is 16.5. The van der Waals surface area contributed by atoms with E-state index in [-0.39, 0.29) is 11.3 Å². The number of benzene rings is 2. The Bertz CT molecular complexity index is 706. The van der Waals surface area contributed by atoms with Crippen LogP contribution in [0.5, 0.6) is 5.75 Å². The Labute approximate surface area is 155 Å². The summed E-state index contributed by atoms with van der Waals surface area (Å²) in [6.07, 6.45) is 1.28. The van der Waals surface area contributed by atoms with Gasteiger partial charge in [-0.3, -0.25) is 4.79 Å². The molecular weight excluding hydrogens is 326 g/mol. The molecule has 1 saturated heterocycles. The topological polar surface area (TPSA) is 47.6 Å². The van der Waals surface area contributed by atoms with Crippen LogP contribution in [0.2, 0.25) is 0 Å². The second kappa shape index (κ2) is 8.37. The average molecular weight is 353 g/mol. The van der Waals surface area contributed by atoms with Gasteiger partial charge >= 0.3 is 0 Å². The molecule has 1 fully saturated rings. The zero-order valence-electron chi connectivity index (χ0n) is 15.5. The van der Waals surface area contributed by atoms with Crippen molar-refractivity contribution in [2.24, 2.45) is 0 Å². The van der Waals surface area contributed by atoms with Gasteiger partial charge in [0.15, 0.2) is 6.10 Å². The molecular formula is C22H27NO3. The van der Waals surface area contributed by atoms with E-state index in [0.717, 1.165) is 26.1 Å². The molecule has 1 N–H and O–H groups in total. The second-order valence-electron chi connectivity index (χ2n) is 7.05. The summed E-state index contributed by atoms with van der Waals surface area (Å²) in [6.45, 7) is 5.85. The molecule has 0 radical (unpaired) electrons. The minimum absolute atomic E-state index is 0.0707. The molecule has 0 saturated carbocycles. The summed E-state index contributed by atoms with van der Waals surface area (Å²) in [5.74, 6) is 0.620. The van der Waals surface area contributed by atoms with Crippen molar-refractivity contribution in [3.63, 3.8) is 0 Å². The third-order valence-corrected chi connectivity index (χ3v) is 5.14. The van der Waals surface area contributed by atoms with Gasteiger partial charge < -0.3 is 14.8 Å². The Morgan fingerprint density at radius 3 is 2.42 bits per heavy atom. The Balaban J connectivity index is 1.63. The smallest absolute Gasteiger partial charge is 0.260 e. The standard InChI is InChI=1S/C22H27NO3/c1-17-8-10-20(11-9-17)26-18(2)21(24)23-16-22(12-14-25-15-13-22)19-6-4-3-5-7-19/h3-11,18H,12-16H2,1-2H3,(H,23,24)/t18-/m0/s1. The highest BCUT2D eigenvalue weighted by Gasteiger charge is 2.35. The molecule has 0 aliphatic carbocycles. The van der Waals surface area contributed by atoms with Crippen LogP contribution in [-0.2, 0) is 14.9 Å². The normalized spacial score (nSPS) is 17.3. The molecule has 3 rings (SSSR count). The zero-order valence-corrected chi connectivity index (χ0v) is 15.5. The van der Waals surface area contributed by atoms with Crippen molar-refractivity contribution >= 4 is 5.91 Å². The van der Waals surface area contributed by atoms with Gasteiger partial charge in [0.1, 0.15) is 5.75 Å². The SMILES string of the molecule is Cc1ccc(O[C@@H](C)C(=O)NCC2(c3ccccc3)CCOCC2)cc1. The summed E-state index contributed by atoms with van der Waals surface area (Å²) in [5, 5.41) is 3.10. The van der Waals surface area contributed by atoms with Gasteiger partial charge in [-0.05, 0) is 44.4 Å². The largest absolute Gasteiger partial charge is 0.481 e. The molecule has 1 atom stereocenters. The maximum absolute atomic E-state index is 12.6. The molecule has 0 aromatic heterocycles. The van der Waals surface area contributed by atoms with Crippen LogP contribution in [-0.4, -0.2) is 31.8 Å². The highest BCUT2D eigenvalue weighted by Crippen LogP contribution is 2.34. The van der Waals surface area contributed by atoms with Crippen molar-refractivity contribution in [2.45, 2.75) is 38.2 Å². The van der Waals surface area contributed by atoms with Crippen LogP contribution in [0.1, 0.15) is 30.9 Å². The fourth-order valence-corrected chi connectivity index (χ4v) is 3.40. The van der Waals surface area contributed by atoms with Crippen molar-refractivity contribution in [2.75, 3.05) is 19.8 Å². The van der Waals surface area contributed by atoms with Crippen molar-refractivity contribution in [3.8, 4) is 5.75 Å². The fraction of sp³-hybridized carbons (Fsp3) is 0.409. The molecule has 2 aromatic rings. The van der Waals surface area contributed by atoms with E-state index in [1.54, 1.807) is 6.92 Å². The second-order valence-corrected chi connectivity index (χ2v) is 7.05. The molecule has 1 heterocycles. The van der Waals surface area contributed by atoms with E-state index in [4.69, 9.17) is 9.47 Å². The number of ether oxygens (including phenoxy) is 2. The van der Waals surface area contributed by atoms with Crippen LogP contribution in [0, 0.1) is 6.92 Å². The van der Waals surface area contributed by atoms with E-state index < -0.39 is 6.10 Å². The predicted octanol–water partition coefficient (Wildman–Crippen LogP) is 3.63. The van der Waals surface area contributed by atoms with Crippen LogP contribution >= 0.6 is 0 Å². The Kier molecular flexibility index (Phi) is 5.94. The van der Waals surface area contributed by atoms with Crippen molar-refractivity contribution in [1.82, 2.24) is 5.32 Å². The van der Waals surface area contributed by atoms with Gasteiger partial charge in [0.2, 0.25) is 0 Å². The number of aryl methyl sites for hydroxylation is 1. The Morgan fingerprint density at radius 1 is 1.12 bits per heavy atom.